The van der Waals surface area contributed by atoms with Gasteiger partial charge in [-0.25, -0.2) is 4.39 Å². The second-order valence-electron chi connectivity index (χ2n) is 4.85. The summed E-state index contributed by atoms with van der Waals surface area (Å²) >= 11 is 0. The summed E-state index contributed by atoms with van der Waals surface area (Å²) in [5.74, 6) is -0.0883. The maximum Gasteiger partial charge on any atom is 0.270 e. The Morgan fingerprint density at radius 2 is 2.20 bits per heavy atom. The van der Waals surface area contributed by atoms with Crippen LogP contribution in [-0.4, -0.2) is 9.49 Å². The lowest BCUT2D eigenvalue weighted by molar-refractivity contribution is -0.384. The van der Waals surface area contributed by atoms with Gasteiger partial charge in [-0.1, -0.05) is 6.08 Å². The third-order valence-corrected chi connectivity index (χ3v) is 3.45. The van der Waals surface area contributed by atoms with Gasteiger partial charge in [0.1, 0.15) is 5.83 Å². The average molecular weight is 272 g/mol. The van der Waals surface area contributed by atoms with Crippen molar-refractivity contribution in [2.45, 2.75) is 19.4 Å². The van der Waals surface area contributed by atoms with E-state index in [2.05, 4.69) is 0 Å². The Balaban J connectivity index is 1.93. The number of halogens is 1. The number of hydrogen-bond acceptors (Lipinski definition) is 2. The van der Waals surface area contributed by atoms with Crippen LogP contribution in [0.3, 0.4) is 0 Å². The van der Waals surface area contributed by atoms with Crippen molar-refractivity contribution in [3.05, 3.63) is 64.1 Å². The number of nitro benzene ring substituents is 1. The predicted octanol–water partition coefficient (Wildman–Crippen LogP) is 4.12. The lowest BCUT2D eigenvalue weighted by Crippen LogP contribution is -2.00. The van der Waals surface area contributed by atoms with Gasteiger partial charge in [0, 0.05) is 42.2 Å². The quantitative estimate of drug-likeness (QED) is 0.623. The first-order valence-corrected chi connectivity index (χ1v) is 6.42. The minimum absolute atomic E-state index is 0.0815. The van der Waals surface area contributed by atoms with Crippen molar-refractivity contribution >= 4 is 16.6 Å². The normalized spacial score (nSPS) is 15.1. The highest BCUT2D eigenvalue weighted by Crippen LogP contribution is 2.24. The number of nitro groups is 1. The summed E-state index contributed by atoms with van der Waals surface area (Å²) in [6.45, 7) is 0.578. The topological polar surface area (TPSA) is 48.1 Å². The Bertz CT molecular complexity index is 743. The molecule has 0 saturated carbocycles. The van der Waals surface area contributed by atoms with Gasteiger partial charge in [0.05, 0.1) is 4.92 Å². The molecule has 0 radical (unpaired) electrons. The fourth-order valence-corrected chi connectivity index (χ4v) is 2.47. The van der Waals surface area contributed by atoms with Crippen molar-refractivity contribution in [3.8, 4) is 0 Å². The van der Waals surface area contributed by atoms with Gasteiger partial charge in [-0.05, 0) is 30.2 Å². The predicted molar refractivity (Wildman–Crippen MR) is 75.1 cm³/mol. The van der Waals surface area contributed by atoms with E-state index in [0.29, 0.717) is 13.0 Å². The van der Waals surface area contributed by atoms with Gasteiger partial charge in [-0.3, -0.25) is 10.1 Å². The van der Waals surface area contributed by atoms with Gasteiger partial charge < -0.3 is 4.57 Å². The number of hydrogen-bond donors (Lipinski definition) is 0. The number of allylic oxidation sites excluding steroid dienone is 4. The molecule has 3 rings (SSSR count). The van der Waals surface area contributed by atoms with E-state index in [4.69, 9.17) is 0 Å². The van der Waals surface area contributed by atoms with Crippen LogP contribution in [0.5, 0.6) is 0 Å². The molecule has 2 aromatic rings. The Morgan fingerprint density at radius 1 is 1.35 bits per heavy atom. The van der Waals surface area contributed by atoms with Crippen molar-refractivity contribution in [1.82, 2.24) is 4.57 Å². The van der Waals surface area contributed by atoms with Crippen molar-refractivity contribution in [1.29, 1.82) is 0 Å². The lowest BCUT2D eigenvalue weighted by Gasteiger charge is -2.10. The molecule has 4 nitrogen and oxygen atoms in total. The molecule has 0 atom stereocenters. The first-order chi connectivity index (χ1) is 9.63. The van der Waals surface area contributed by atoms with Crippen LogP contribution in [0.25, 0.3) is 10.9 Å². The number of aromatic nitrogens is 1. The van der Waals surface area contributed by atoms with Gasteiger partial charge >= 0.3 is 0 Å². The van der Waals surface area contributed by atoms with Gasteiger partial charge in [-0.15, -0.1) is 0 Å². The molecule has 0 amide bonds. The monoisotopic (exact) mass is 272 g/mol. The number of non-ortho nitro benzene ring substituents is 1. The third-order valence-electron chi connectivity index (χ3n) is 3.45. The fourth-order valence-electron chi connectivity index (χ4n) is 2.47. The van der Waals surface area contributed by atoms with E-state index in [1.165, 1.54) is 6.07 Å². The van der Waals surface area contributed by atoms with Crippen LogP contribution in [0.1, 0.15) is 12.8 Å². The zero-order valence-corrected chi connectivity index (χ0v) is 10.8. The van der Waals surface area contributed by atoms with E-state index in [-0.39, 0.29) is 11.5 Å². The summed E-state index contributed by atoms with van der Waals surface area (Å²) in [7, 11) is 0. The molecule has 0 spiro atoms. The maximum absolute atomic E-state index is 13.3. The summed E-state index contributed by atoms with van der Waals surface area (Å²) in [6, 6.07) is 6.62. The second-order valence-corrected chi connectivity index (χ2v) is 4.85. The van der Waals surface area contributed by atoms with Gasteiger partial charge in [-0.2, -0.15) is 0 Å². The molecule has 1 aliphatic rings. The number of benzene rings is 1. The average Bonchev–Trinajstić information content (AvgIpc) is 2.81. The Hall–Kier alpha value is -2.43. The van der Waals surface area contributed by atoms with E-state index in [9.17, 15) is 14.5 Å². The zero-order chi connectivity index (χ0) is 14.1. The Kier molecular flexibility index (Phi) is 3.10. The number of fused-ring (bicyclic) bond motifs is 1. The van der Waals surface area contributed by atoms with Crippen LogP contribution in [0, 0.1) is 10.1 Å². The van der Waals surface area contributed by atoms with Crippen LogP contribution >= 0.6 is 0 Å². The van der Waals surface area contributed by atoms with Crippen molar-refractivity contribution < 1.29 is 9.31 Å². The highest BCUT2D eigenvalue weighted by atomic mass is 19.1. The maximum atomic E-state index is 13.3. The molecule has 0 fully saturated rings. The number of nitrogens with zero attached hydrogens (tertiary/aromatic N) is 2. The fraction of sp³-hybridized carbons (Fsp3) is 0.200. The van der Waals surface area contributed by atoms with Crippen molar-refractivity contribution in [3.63, 3.8) is 0 Å². The standard InChI is InChI=1S/C15H13FN2O2/c16-13-3-1-2-11(8-13)10-17-7-6-12-9-14(18(19)20)4-5-15(12)17/h2,4-9H,1,3,10H2. The van der Waals surface area contributed by atoms with Gasteiger partial charge in [0.15, 0.2) is 0 Å². The molecule has 0 saturated heterocycles. The number of rotatable bonds is 3. The minimum atomic E-state index is -0.404. The highest BCUT2D eigenvalue weighted by Gasteiger charge is 2.10. The van der Waals surface area contributed by atoms with Crippen LogP contribution in [0.2, 0.25) is 0 Å². The molecule has 5 heteroatoms. The van der Waals surface area contributed by atoms with E-state index in [1.54, 1.807) is 18.2 Å². The first kappa shape index (κ1) is 12.6. The van der Waals surface area contributed by atoms with E-state index in [0.717, 1.165) is 22.9 Å². The van der Waals surface area contributed by atoms with Gasteiger partial charge in [0.25, 0.3) is 5.69 Å². The first-order valence-electron chi connectivity index (χ1n) is 6.42. The van der Waals surface area contributed by atoms with Crippen LogP contribution in [-0.2, 0) is 6.54 Å². The van der Waals surface area contributed by atoms with Crippen LogP contribution < -0.4 is 0 Å². The molecule has 1 heterocycles. The van der Waals surface area contributed by atoms with Crippen LogP contribution in [0.4, 0.5) is 10.1 Å². The zero-order valence-electron chi connectivity index (χ0n) is 10.8. The molecule has 0 unspecified atom stereocenters. The van der Waals surface area contributed by atoms with E-state index >= 15 is 0 Å². The summed E-state index contributed by atoms with van der Waals surface area (Å²) in [5.41, 5.74) is 1.93. The summed E-state index contributed by atoms with van der Waals surface area (Å²) in [5, 5.41) is 11.6. The molecule has 0 aliphatic heterocycles. The molecule has 20 heavy (non-hydrogen) atoms. The summed E-state index contributed by atoms with van der Waals surface area (Å²) < 4.78 is 15.2. The molecule has 0 bridgehead atoms. The SMILES string of the molecule is O=[N+]([O-])c1ccc2c(ccn2CC2=CCCC(F)=C2)c1. The second kappa shape index (κ2) is 4.92. The third kappa shape index (κ3) is 2.34. The largest absolute Gasteiger partial charge is 0.343 e. The molecule has 1 aliphatic carbocycles. The van der Waals surface area contributed by atoms with Crippen molar-refractivity contribution in [2.75, 3.05) is 0 Å². The van der Waals surface area contributed by atoms with Crippen molar-refractivity contribution in [2.24, 2.45) is 0 Å². The molecule has 0 N–H and O–H groups in total. The molecular formula is C15H13FN2O2. The molecule has 102 valence electrons. The van der Waals surface area contributed by atoms with Gasteiger partial charge in [0.2, 0.25) is 0 Å². The summed E-state index contributed by atoms with van der Waals surface area (Å²) in [6.07, 6.45) is 6.67. The lowest BCUT2D eigenvalue weighted by atomic mass is 10.1. The summed E-state index contributed by atoms with van der Waals surface area (Å²) in [4.78, 5) is 10.3. The molecular weight excluding hydrogens is 259 g/mol. The highest BCUT2D eigenvalue weighted by molar-refractivity contribution is 5.82. The molecule has 1 aromatic heterocycles. The Morgan fingerprint density at radius 3 is 2.95 bits per heavy atom. The van der Waals surface area contributed by atoms with E-state index < -0.39 is 4.92 Å². The minimum Gasteiger partial charge on any atom is -0.343 e. The molecule has 1 aromatic carbocycles. The Labute approximate surface area is 115 Å². The van der Waals surface area contributed by atoms with E-state index in [1.807, 2.05) is 22.9 Å². The van der Waals surface area contributed by atoms with Crippen LogP contribution in [0.15, 0.2) is 54.0 Å². The smallest absolute Gasteiger partial charge is 0.270 e.